The number of hydrogen-bond donors (Lipinski definition) is 1. The van der Waals surface area contributed by atoms with Crippen molar-refractivity contribution in [2.75, 3.05) is 18.4 Å². The minimum absolute atomic E-state index is 0.106. The molecule has 150 valence electrons. The first kappa shape index (κ1) is 19.2. The maximum atomic E-state index is 13.2. The number of imidazole rings is 1. The van der Waals surface area contributed by atoms with E-state index in [2.05, 4.69) is 17.2 Å². The Labute approximate surface area is 170 Å². The van der Waals surface area contributed by atoms with Gasteiger partial charge in [0.15, 0.2) is 5.69 Å². The van der Waals surface area contributed by atoms with Crippen molar-refractivity contribution in [1.82, 2.24) is 14.3 Å². The predicted molar refractivity (Wildman–Crippen MR) is 113 cm³/mol. The van der Waals surface area contributed by atoms with Crippen LogP contribution < -0.4 is 5.32 Å². The number of piperidine rings is 1. The first-order valence-electron chi connectivity index (χ1n) is 10.1. The molecule has 6 nitrogen and oxygen atoms in total. The third-order valence-electron chi connectivity index (χ3n) is 5.75. The molecule has 0 bridgehead atoms. The fourth-order valence-corrected chi connectivity index (χ4v) is 3.94. The highest BCUT2D eigenvalue weighted by atomic mass is 16.2. The maximum Gasteiger partial charge on any atom is 0.292 e. The van der Waals surface area contributed by atoms with Gasteiger partial charge in [-0.25, -0.2) is 4.98 Å². The summed E-state index contributed by atoms with van der Waals surface area (Å²) < 4.78 is 1.70. The van der Waals surface area contributed by atoms with Crippen LogP contribution >= 0.6 is 0 Å². The van der Waals surface area contributed by atoms with Gasteiger partial charge in [0.2, 0.25) is 5.82 Å². The number of anilines is 1. The number of benzene rings is 1. The third kappa shape index (κ3) is 3.62. The Balaban J connectivity index is 1.69. The highest BCUT2D eigenvalue weighted by Gasteiger charge is 2.27. The van der Waals surface area contributed by atoms with Crippen LogP contribution in [0, 0.1) is 19.8 Å². The Morgan fingerprint density at radius 3 is 2.76 bits per heavy atom. The summed E-state index contributed by atoms with van der Waals surface area (Å²) in [6, 6.07) is 11.3. The number of carbonyl (C=O) groups is 2. The molecule has 3 heterocycles. The molecule has 4 rings (SSSR count). The summed E-state index contributed by atoms with van der Waals surface area (Å²) in [4.78, 5) is 32.6. The monoisotopic (exact) mass is 390 g/mol. The molecular formula is C23H26N4O2. The van der Waals surface area contributed by atoms with Crippen LogP contribution in [0.25, 0.3) is 5.52 Å². The fourth-order valence-electron chi connectivity index (χ4n) is 3.94. The topological polar surface area (TPSA) is 66.7 Å². The number of likely N-dealkylation sites (tertiary alicyclic amines) is 1. The highest BCUT2D eigenvalue weighted by molar-refractivity contribution is 6.06. The van der Waals surface area contributed by atoms with E-state index < -0.39 is 0 Å². The molecule has 1 unspecified atom stereocenters. The standard InChI is InChI=1S/C23H26N4O2/c1-15-8-7-12-26(14-15)23(29)20-19-11-4-5-13-27(19)21(25-20)22(28)24-18-10-6-9-16(2)17(18)3/h4-6,9-11,13,15H,7-8,12,14H2,1-3H3,(H,24,28). The Bertz CT molecular complexity index is 1090. The molecule has 2 amide bonds. The number of aromatic nitrogens is 2. The number of nitrogens with zero attached hydrogens (tertiary/aromatic N) is 3. The van der Waals surface area contributed by atoms with Crippen LogP contribution in [0.5, 0.6) is 0 Å². The summed E-state index contributed by atoms with van der Waals surface area (Å²) in [7, 11) is 0. The van der Waals surface area contributed by atoms with Crippen molar-refractivity contribution in [2.45, 2.75) is 33.6 Å². The number of nitrogens with one attached hydrogen (secondary N) is 1. The number of amides is 2. The number of hydrogen-bond acceptors (Lipinski definition) is 3. The number of rotatable bonds is 3. The lowest BCUT2D eigenvalue weighted by Crippen LogP contribution is -2.39. The molecule has 0 aliphatic carbocycles. The largest absolute Gasteiger partial charge is 0.337 e. The van der Waals surface area contributed by atoms with Crippen molar-refractivity contribution < 1.29 is 9.59 Å². The van der Waals surface area contributed by atoms with Gasteiger partial charge in [0, 0.05) is 25.0 Å². The Hall–Kier alpha value is -3.15. The zero-order valence-electron chi connectivity index (χ0n) is 17.1. The molecule has 1 saturated heterocycles. The van der Waals surface area contributed by atoms with Crippen LogP contribution in [-0.4, -0.2) is 39.2 Å². The van der Waals surface area contributed by atoms with E-state index in [0.29, 0.717) is 17.1 Å². The lowest BCUT2D eigenvalue weighted by molar-refractivity contribution is 0.0679. The summed E-state index contributed by atoms with van der Waals surface area (Å²) in [5.41, 5.74) is 3.86. The highest BCUT2D eigenvalue weighted by Crippen LogP contribution is 2.22. The van der Waals surface area contributed by atoms with E-state index in [1.54, 1.807) is 10.6 Å². The number of carbonyl (C=O) groups excluding carboxylic acids is 2. The van der Waals surface area contributed by atoms with Crippen molar-refractivity contribution in [3.63, 3.8) is 0 Å². The van der Waals surface area contributed by atoms with Crippen LogP contribution in [0.4, 0.5) is 5.69 Å². The molecule has 1 fully saturated rings. The zero-order chi connectivity index (χ0) is 20.5. The van der Waals surface area contributed by atoms with E-state index >= 15 is 0 Å². The van der Waals surface area contributed by atoms with Gasteiger partial charge in [-0.15, -0.1) is 0 Å². The molecule has 2 aromatic heterocycles. The molecule has 1 N–H and O–H groups in total. The van der Waals surface area contributed by atoms with Crippen LogP contribution in [0.2, 0.25) is 0 Å². The fraction of sp³-hybridized carbons (Fsp3) is 0.348. The summed E-state index contributed by atoms with van der Waals surface area (Å²) in [5.74, 6) is 0.264. The molecule has 1 atom stereocenters. The summed E-state index contributed by atoms with van der Waals surface area (Å²) in [5, 5.41) is 2.95. The van der Waals surface area contributed by atoms with E-state index in [1.807, 2.05) is 55.1 Å². The molecule has 0 saturated carbocycles. The molecule has 1 aromatic carbocycles. The molecular weight excluding hydrogens is 364 g/mol. The van der Waals surface area contributed by atoms with E-state index in [4.69, 9.17) is 0 Å². The second-order valence-electron chi connectivity index (χ2n) is 7.94. The molecule has 1 aliphatic rings. The quantitative estimate of drug-likeness (QED) is 0.733. The van der Waals surface area contributed by atoms with Crippen molar-refractivity contribution in [3.05, 3.63) is 65.2 Å². The maximum absolute atomic E-state index is 13.2. The van der Waals surface area contributed by atoms with E-state index in [-0.39, 0.29) is 17.6 Å². The number of aryl methyl sites for hydroxylation is 1. The van der Waals surface area contributed by atoms with E-state index in [0.717, 1.165) is 42.7 Å². The molecule has 0 spiro atoms. The van der Waals surface area contributed by atoms with Gasteiger partial charge in [0.1, 0.15) is 0 Å². The SMILES string of the molecule is Cc1cccc(NC(=O)c2nc(C(=O)N3CCCC(C)C3)c3ccccn23)c1C. The van der Waals surface area contributed by atoms with Gasteiger partial charge in [0.25, 0.3) is 11.8 Å². The molecule has 6 heteroatoms. The summed E-state index contributed by atoms with van der Waals surface area (Å²) in [6.07, 6.45) is 3.91. The van der Waals surface area contributed by atoms with Gasteiger partial charge >= 0.3 is 0 Å². The second-order valence-corrected chi connectivity index (χ2v) is 7.94. The lowest BCUT2D eigenvalue weighted by atomic mass is 10.00. The summed E-state index contributed by atoms with van der Waals surface area (Å²) in [6.45, 7) is 7.61. The molecule has 0 radical (unpaired) electrons. The van der Waals surface area contributed by atoms with Gasteiger partial charge in [-0.05, 0) is 61.9 Å². The van der Waals surface area contributed by atoms with Gasteiger partial charge in [-0.1, -0.05) is 25.1 Å². The van der Waals surface area contributed by atoms with Crippen LogP contribution in [0.3, 0.4) is 0 Å². The van der Waals surface area contributed by atoms with Gasteiger partial charge in [-0.2, -0.15) is 0 Å². The Morgan fingerprint density at radius 1 is 1.14 bits per heavy atom. The van der Waals surface area contributed by atoms with Gasteiger partial charge < -0.3 is 10.2 Å². The average molecular weight is 390 g/mol. The smallest absolute Gasteiger partial charge is 0.292 e. The Kier molecular flexibility index (Phi) is 5.09. The van der Waals surface area contributed by atoms with E-state index in [9.17, 15) is 9.59 Å². The minimum Gasteiger partial charge on any atom is -0.337 e. The van der Waals surface area contributed by atoms with Gasteiger partial charge in [-0.3, -0.25) is 14.0 Å². The molecule has 29 heavy (non-hydrogen) atoms. The lowest BCUT2D eigenvalue weighted by Gasteiger charge is -2.30. The van der Waals surface area contributed by atoms with Crippen LogP contribution in [-0.2, 0) is 0 Å². The first-order valence-corrected chi connectivity index (χ1v) is 10.1. The Morgan fingerprint density at radius 2 is 1.97 bits per heavy atom. The summed E-state index contributed by atoms with van der Waals surface area (Å²) >= 11 is 0. The van der Waals surface area contributed by atoms with Crippen LogP contribution in [0.15, 0.2) is 42.6 Å². The minimum atomic E-state index is -0.328. The molecule has 1 aliphatic heterocycles. The molecule has 3 aromatic rings. The number of pyridine rings is 1. The van der Waals surface area contributed by atoms with Crippen molar-refractivity contribution >= 4 is 23.0 Å². The number of fused-ring (bicyclic) bond motifs is 1. The normalized spacial score (nSPS) is 16.8. The van der Waals surface area contributed by atoms with Crippen molar-refractivity contribution in [1.29, 1.82) is 0 Å². The van der Waals surface area contributed by atoms with Gasteiger partial charge in [0.05, 0.1) is 5.52 Å². The second kappa shape index (κ2) is 7.70. The first-order chi connectivity index (χ1) is 14.0. The average Bonchev–Trinajstić information content (AvgIpc) is 3.11. The van der Waals surface area contributed by atoms with Crippen molar-refractivity contribution in [2.24, 2.45) is 5.92 Å². The van der Waals surface area contributed by atoms with Crippen LogP contribution in [0.1, 0.15) is 52.0 Å². The third-order valence-corrected chi connectivity index (χ3v) is 5.75. The predicted octanol–water partition coefficient (Wildman–Crippen LogP) is 4.08. The van der Waals surface area contributed by atoms with E-state index in [1.165, 1.54) is 0 Å². The van der Waals surface area contributed by atoms with Crippen molar-refractivity contribution in [3.8, 4) is 0 Å². The zero-order valence-corrected chi connectivity index (χ0v) is 17.1.